The van der Waals surface area contributed by atoms with Crippen molar-refractivity contribution in [2.45, 2.75) is 32.2 Å². The van der Waals surface area contributed by atoms with Gasteiger partial charge >= 0.3 is 6.18 Å². The van der Waals surface area contributed by atoms with E-state index < -0.39 is 17.3 Å². The molecule has 5 nitrogen and oxygen atoms in total. The molecule has 3 N–H and O–H groups in total. The van der Waals surface area contributed by atoms with Crippen molar-refractivity contribution in [2.24, 2.45) is 5.73 Å². The van der Waals surface area contributed by atoms with Crippen LogP contribution in [-0.2, 0) is 16.9 Å². The number of aliphatic hydroxyl groups is 1. The fourth-order valence-electron chi connectivity index (χ4n) is 2.06. The topological polar surface area (TPSA) is 81.3 Å². The highest BCUT2D eigenvalue weighted by Gasteiger charge is 2.35. The summed E-state index contributed by atoms with van der Waals surface area (Å²) >= 11 is 1.16. The Kier molecular flexibility index (Phi) is 7.34. The highest BCUT2D eigenvalue weighted by molar-refractivity contribution is 7.12. The summed E-state index contributed by atoms with van der Waals surface area (Å²) in [6, 6.07) is 8.86. The van der Waals surface area contributed by atoms with E-state index in [9.17, 15) is 18.3 Å². The third-order valence-electron chi connectivity index (χ3n) is 3.94. The maximum absolute atomic E-state index is 13.1. The van der Waals surface area contributed by atoms with E-state index in [0.717, 1.165) is 16.9 Å². The van der Waals surface area contributed by atoms with Crippen molar-refractivity contribution in [3.05, 3.63) is 76.0 Å². The number of benzene rings is 1. The van der Waals surface area contributed by atoms with Crippen LogP contribution in [0.2, 0.25) is 0 Å². The summed E-state index contributed by atoms with van der Waals surface area (Å²) in [6.45, 7) is 6.07. The second kappa shape index (κ2) is 9.34. The minimum atomic E-state index is -4.62. The first kappa shape index (κ1) is 22.8. The normalized spacial score (nSPS) is 15.1. The highest BCUT2D eigenvalue weighted by atomic mass is 32.1. The molecule has 0 unspecified atom stereocenters. The van der Waals surface area contributed by atoms with Gasteiger partial charge in [0, 0.05) is 0 Å². The number of hydrogen-bond donors (Lipinski definition) is 2. The van der Waals surface area contributed by atoms with Gasteiger partial charge in [-0.05, 0) is 31.1 Å². The number of hydrogen-bond acceptors (Lipinski definition) is 6. The van der Waals surface area contributed by atoms with Crippen LogP contribution >= 0.6 is 11.3 Å². The van der Waals surface area contributed by atoms with Gasteiger partial charge in [0.1, 0.15) is 22.4 Å². The van der Waals surface area contributed by atoms with E-state index in [2.05, 4.69) is 16.8 Å². The number of rotatable bonds is 8. The van der Waals surface area contributed by atoms with Crippen LogP contribution < -0.4 is 5.73 Å². The summed E-state index contributed by atoms with van der Waals surface area (Å²) in [4.78, 5) is 0. The molecule has 2 aromatic rings. The molecule has 1 aromatic carbocycles. The number of ether oxygens (including phenoxy) is 1. The molecule has 0 fully saturated rings. The first-order valence-electron chi connectivity index (χ1n) is 8.60. The number of nitrogens with two attached hydrogens (primary N) is 1. The Bertz CT molecular complexity index is 903. The Hall–Kier alpha value is -2.49. The molecule has 9 heteroatoms. The van der Waals surface area contributed by atoms with Gasteiger partial charge in [-0.1, -0.05) is 54.3 Å². The summed E-state index contributed by atoms with van der Waals surface area (Å²) in [7, 11) is 0. The van der Waals surface area contributed by atoms with E-state index in [4.69, 9.17) is 10.5 Å². The molecule has 0 spiro atoms. The number of alkyl halides is 3. The van der Waals surface area contributed by atoms with E-state index in [0.29, 0.717) is 15.6 Å². The molecule has 0 saturated carbocycles. The molecule has 0 aliphatic heterocycles. The number of aliphatic hydroxyl groups excluding tert-OH is 1. The molecule has 1 heterocycles. The van der Waals surface area contributed by atoms with Crippen LogP contribution in [0.15, 0.2) is 60.4 Å². The number of halogens is 3. The fourth-order valence-corrected chi connectivity index (χ4v) is 2.94. The summed E-state index contributed by atoms with van der Waals surface area (Å²) < 4.78 is 44.8. The third kappa shape index (κ3) is 6.25. The van der Waals surface area contributed by atoms with E-state index >= 15 is 0 Å². The Morgan fingerprint density at radius 2 is 1.90 bits per heavy atom. The van der Waals surface area contributed by atoms with Crippen molar-refractivity contribution in [3.63, 3.8) is 0 Å². The van der Waals surface area contributed by atoms with Gasteiger partial charge in [-0.2, -0.15) is 13.2 Å². The first-order chi connectivity index (χ1) is 13.5. The van der Waals surface area contributed by atoms with Gasteiger partial charge < -0.3 is 15.6 Å². The third-order valence-corrected chi connectivity index (χ3v) is 5.28. The number of nitrogens with zero attached hydrogens (tertiary/aromatic N) is 2. The molecular weight excluding hydrogens is 403 g/mol. The molecule has 1 aromatic heterocycles. The lowest BCUT2D eigenvalue weighted by molar-refractivity contribution is -0.0938. The van der Waals surface area contributed by atoms with Crippen molar-refractivity contribution in [2.75, 3.05) is 6.61 Å². The standard InChI is InChI=1S/C20H22F3N3O2S/c1-13(17-25-26-18(29-17)19(3,24)12-27)9-10-16(14(2)20(21,22)23)28-11-15-7-5-4-6-8-15/h4-10,27H,2,11-12,24H2,1,3H3/b13-9+,16-10+/t19-/m0/s1. The Labute approximate surface area is 171 Å². The maximum atomic E-state index is 13.1. The summed E-state index contributed by atoms with van der Waals surface area (Å²) in [6.07, 6.45) is -1.96. The minimum Gasteiger partial charge on any atom is -0.488 e. The Morgan fingerprint density at radius 3 is 2.48 bits per heavy atom. The second-order valence-electron chi connectivity index (χ2n) is 6.62. The van der Waals surface area contributed by atoms with Gasteiger partial charge in [-0.15, -0.1) is 10.2 Å². The van der Waals surface area contributed by atoms with Crippen LogP contribution in [0.1, 0.15) is 29.4 Å². The average molecular weight is 425 g/mol. The molecule has 0 bridgehead atoms. The Morgan fingerprint density at radius 1 is 1.24 bits per heavy atom. The van der Waals surface area contributed by atoms with Crippen molar-refractivity contribution >= 4 is 16.9 Å². The van der Waals surface area contributed by atoms with Crippen LogP contribution in [-0.4, -0.2) is 28.1 Å². The zero-order chi connectivity index (χ0) is 21.7. The zero-order valence-corrected chi connectivity index (χ0v) is 16.8. The SMILES string of the molecule is C=C(/C(=C\C=C(/C)c1nnc([C@@](C)(N)CO)s1)OCc1ccccc1)C(F)(F)F. The largest absolute Gasteiger partial charge is 0.488 e. The van der Waals surface area contributed by atoms with Crippen LogP contribution in [0.3, 0.4) is 0 Å². The molecule has 29 heavy (non-hydrogen) atoms. The van der Waals surface area contributed by atoms with E-state index in [1.807, 2.05) is 0 Å². The number of allylic oxidation sites excluding steroid dienone is 4. The van der Waals surface area contributed by atoms with Crippen molar-refractivity contribution < 1.29 is 23.0 Å². The highest BCUT2D eigenvalue weighted by Crippen LogP contribution is 2.31. The summed E-state index contributed by atoms with van der Waals surface area (Å²) in [5.41, 5.74) is 5.10. The fraction of sp³-hybridized carbons (Fsp3) is 0.300. The maximum Gasteiger partial charge on any atom is 0.419 e. The minimum absolute atomic E-state index is 0.0281. The molecule has 0 aliphatic rings. The van der Waals surface area contributed by atoms with Crippen LogP contribution in [0, 0.1) is 0 Å². The lowest BCUT2D eigenvalue weighted by Gasteiger charge is -2.16. The van der Waals surface area contributed by atoms with E-state index in [1.165, 1.54) is 12.2 Å². The van der Waals surface area contributed by atoms with E-state index in [-0.39, 0.29) is 19.0 Å². The number of aromatic nitrogens is 2. The Balaban J connectivity index is 2.26. The molecule has 0 radical (unpaired) electrons. The van der Waals surface area contributed by atoms with Gasteiger partial charge in [0.05, 0.1) is 17.7 Å². The van der Waals surface area contributed by atoms with Crippen LogP contribution in [0.4, 0.5) is 13.2 Å². The lowest BCUT2D eigenvalue weighted by atomic mass is 10.1. The molecule has 0 saturated heterocycles. The lowest BCUT2D eigenvalue weighted by Crippen LogP contribution is -2.36. The molecule has 0 amide bonds. The van der Waals surface area contributed by atoms with Gasteiger partial charge in [0.2, 0.25) is 0 Å². The molecule has 156 valence electrons. The summed E-state index contributed by atoms with van der Waals surface area (Å²) in [5.74, 6) is -0.385. The van der Waals surface area contributed by atoms with Crippen molar-refractivity contribution in [1.82, 2.24) is 10.2 Å². The van der Waals surface area contributed by atoms with Crippen molar-refractivity contribution in [1.29, 1.82) is 0 Å². The van der Waals surface area contributed by atoms with Crippen molar-refractivity contribution in [3.8, 4) is 0 Å². The van der Waals surface area contributed by atoms with Crippen LogP contribution in [0.25, 0.3) is 5.57 Å². The molecule has 1 atom stereocenters. The quantitative estimate of drug-likeness (QED) is 0.486. The van der Waals surface area contributed by atoms with Gasteiger partial charge in [0.25, 0.3) is 0 Å². The van der Waals surface area contributed by atoms with Gasteiger partial charge in [0.15, 0.2) is 0 Å². The average Bonchev–Trinajstić information content (AvgIpc) is 3.18. The molecular formula is C20H22F3N3O2S. The first-order valence-corrected chi connectivity index (χ1v) is 9.42. The van der Waals surface area contributed by atoms with Crippen LogP contribution in [0.5, 0.6) is 0 Å². The predicted molar refractivity (Wildman–Crippen MR) is 107 cm³/mol. The molecule has 2 rings (SSSR count). The van der Waals surface area contributed by atoms with Gasteiger partial charge in [-0.3, -0.25) is 0 Å². The molecule has 0 aliphatic carbocycles. The smallest absolute Gasteiger partial charge is 0.419 e. The predicted octanol–water partition coefficient (Wildman–Crippen LogP) is 4.33. The van der Waals surface area contributed by atoms with E-state index in [1.54, 1.807) is 44.2 Å². The second-order valence-corrected chi connectivity index (χ2v) is 7.60. The van der Waals surface area contributed by atoms with Gasteiger partial charge in [-0.25, -0.2) is 0 Å². The monoisotopic (exact) mass is 425 g/mol. The summed E-state index contributed by atoms with van der Waals surface area (Å²) in [5, 5.41) is 18.2. The zero-order valence-electron chi connectivity index (χ0n) is 16.0.